The average molecular weight is 265 g/mol. The van der Waals surface area contributed by atoms with Crippen LogP contribution in [0, 0.1) is 0 Å². The van der Waals surface area contributed by atoms with Gasteiger partial charge in [0.2, 0.25) is 0 Å². The molecule has 0 radical (unpaired) electrons. The monoisotopic (exact) mass is 265 g/mol. The lowest BCUT2D eigenvalue weighted by Crippen LogP contribution is -2.33. The molecule has 4 nitrogen and oxygen atoms in total. The van der Waals surface area contributed by atoms with E-state index < -0.39 is 0 Å². The van der Waals surface area contributed by atoms with Crippen molar-refractivity contribution in [3.63, 3.8) is 0 Å². The molecule has 0 aromatic heterocycles. The number of hydrogen-bond acceptors (Lipinski definition) is 4. The zero-order chi connectivity index (χ0) is 13.9. The summed E-state index contributed by atoms with van der Waals surface area (Å²) in [4.78, 5) is 0. The molecule has 0 aliphatic heterocycles. The van der Waals surface area contributed by atoms with Gasteiger partial charge in [-0.05, 0) is 12.8 Å². The van der Waals surface area contributed by atoms with Crippen LogP contribution in [-0.2, 0) is 16.9 Å². The van der Waals surface area contributed by atoms with Gasteiger partial charge in [-0.3, -0.25) is 0 Å². The summed E-state index contributed by atoms with van der Waals surface area (Å²) >= 11 is 0. The van der Waals surface area contributed by atoms with Gasteiger partial charge in [-0.15, -0.1) is 0 Å². The number of methoxy groups -OCH3 is 3. The molecule has 1 aliphatic rings. The SMILES string of the molecule is COCc1ccc(C2(N)CCCC2)c(OC)c1OC. The highest BCUT2D eigenvalue weighted by molar-refractivity contribution is 5.54. The van der Waals surface area contributed by atoms with Crippen LogP contribution in [0.2, 0.25) is 0 Å². The summed E-state index contributed by atoms with van der Waals surface area (Å²) in [6, 6.07) is 4.08. The Labute approximate surface area is 114 Å². The van der Waals surface area contributed by atoms with Crippen molar-refractivity contribution >= 4 is 0 Å². The van der Waals surface area contributed by atoms with Gasteiger partial charge in [0.25, 0.3) is 0 Å². The highest BCUT2D eigenvalue weighted by Crippen LogP contribution is 2.45. The van der Waals surface area contributed by atoms with Crippen LogP contribution in [0.15, 0.2) is 12.1 Å². The molecule has 0 atom stereocenters. The Balaban J connectivity index is 2.50. The lowest BCUT2D eigenvalue weighted by atomic mass is 9.87. The van der Waals surface area contributed by atoms with E-state index in [-0.39, 0.29) is 5.54 Å². The van der Waals surface area contributed by atoms with Gasteiger partial charge >= 0.3 is 0 Å². The van der Waals surface area contributed by atoms with Gasteiger partial charge in [0.05, 0.1) is 20.8 Å². The topological polar surface area (TPSA) is 53.7 Å². The molecule has 0 unspecified atom stereocenters. The highest BCUT2D eigenvalue weighted by Gasteiger charge is 2.35. The van der Waals surface area contributed by atoms with Crippen molar-refractivity contribution in [2.45, 2.75) is 37.8 Å². The summed E-state index contributed by atoms with van der Waals surface area (Å²) in [6.07, 6.45) is 4.33. The molecule has 1 aromatic rings. The number of hydrogen-bond donors (Lipinski definition) is 1. The number of ether oxygens (including phenoxy) is 3. The van der Waals surface area contributed by atoms with Crippen molar-refractivity contribution < 1.29 is 14.2 Å². The largest absolute Gasteiger partial charge is 0.492 e. The summed E-state index contributed by atoms with van der Waals surface area (Å²) in [5.41, 5.74) is 8.27. The van der Waals surface area contributed by atoms with Crippen LogP contribution < -0.4 is 15.2 Å². The zero-order valence-electron chi connectivity index (χ0n) is 12.0. The Kier molecular flexibility index (Phi) is 4.32. The van der Waals surface area contributed by atoms with Gasteiger partial charge in [0.15, 0.2) is 11.5 Å². The minimum Gasteiger partial charge on any atom is -0.492 e. The molecular formula is C15H23NO3. The van der Waals surface area contributed by atoms with Crippen LogP contribution in [0.25, 0.3) is 0 Å². The minimum absolute atomic E-state index is 0.287. The molecule has 1 aromatic carbocycles. The summed E-state index contributed by atoms with van der Waals surface area (Å²) in [6.45, 7) is 0.497. The third-order valence-corrected chi connectivity index (χ3v) is 3.93. The summed E-state index contributed by atoms with van der Waals surface area (Å²) in [5, 5.41) is 0. The first-order chi connectivity index (χ1) is 9.16. The van der Waals surface area contributed by atoms with Crippen molar-refractivity contribution in [3.8, 4) is 11.5 Å². The highest BCUT2D eigenvalue weighted by atomic mass is 16.5. The zero-order valence-corrected chi connectivity index (χ0v) is 12.0. The second kappa shape index (κ2) is 5.80. The molecular weight excluding hydrogens is 242 g/mol. The molecule has 19 heavy (non-hydrogen) atoms. The smallest absolute Gasteiger partial charge is 0.166 e. The molecule has 2 N–H and O–H groups in total. The van der Waals surface area contributed by atoms with Crippen LogP contribution in [0.3, 0.4) is 0 Å². The van der Waals surface area contributed by atoms with Crippen LogP contribution in [-0.4, -0.2) is 21.3 Å². The standard InChI is InChI=1S/C15H23NO3/c1-17-10-11-6-7-12(14(19-3)13(11)18-2)15(16)8-4-5-9-15/h6-7H,4-5,8-10,16H2,1-3H3. The molecule has 2 rings (SSSR count). The second-order valence-electron chi connectivity index (χ2n) is 5.14. The normalized spacial score (nSPS) is 17.5. The fraction of sp³-hybridized carbons (Fsp3) is 0.600. The van der Waals surface area contributed by atoms with Gasteiger partial charge in [0.1, 0.15) is 0 Å². The van der Waals surface area contributed by atoms with Crippen LogP contribution in [0.4, 0.5) is 0 Å². The molecule has 0 bridgehead atoms. The Bertz CT molecular complexity index is 439. The molecule has 1 saturated carbocycles. The van der Waals surface area contributed by atoms with Gasteiger partial charge in [-0.2, -0.15) is 0 Å². The van der Waals surface area contributed by atoms with E-state index in [4.69, 9.17) is 19.9 Å². The molecule has 1 fully saturated rings. The molecule has 4 heteroatoms. The first kappa shape index (κ1) is 14.2. The molecule has 1 aliphatic carbocycles. The van der Waals surface area contributed by atoms with E-state index in [1.165, 1.54) is 12.8 Å². The van der Waals surface area contributed by atoms with Crippen molar-refractivity contribution in [1.29, 1.82) is 0 Å². The first-order valence-electron chi connectivity index (χ1n) is 6.68. The third-order valence-electron chi connectivity index (χ3n) is 3.93. The van der Waals surface area contributed by atoms with Gasteiger partial charge in [-0.1, -0.05) is 25.0 Å². The fourth-order valence-electron chi connectivity index (χ4n) is 2.97. The van der Waals surface area contributed by atoms with E-state index >= 15 is 0 Å². The van der Waals surface area contributed by atoms with Gasteiger partial charge < -0.3 is 19.9 Å². The quantitative estimate of drug-likeness (QED) is 0.889. The van der Waals surface area contributed by atoms with Crippen molar-refractivity contribution in [1.82, 2.24) is 0 Å². The first-order valence-corrected chi connectivity index (χ1v) is 6.68. The Morgan fingerprint density at radius 3 is 2.21 bits per heavy atom. The summed E-state index contributed by atoms with van der Waals surface area (Å²) in [5.74, 6) is 1.49. The average Bonchev–Trinajstić information content (AvgIpc) is 2.86. The van der Waals surface area contributed by atoms with Gasteiger partial charge in [0, 0.05) is 23.8 Å². The van der Waals surface area contributed by atoms with Crippen molar-refractivity contribution in [3.05, 3.63) is 23.3 Å². The van der Waals surface area contributed by atoms with Gasteiger partial charge in [-0.25, -0.2) is 0 Å². The predicted octanol–water partition coefficient (Wildman–Crippen LogP) is 2.58. The van der Waals surface area contributed by atoms with Crippen molar-refractivity contribution in [2.75, 3.05) is 21.3 Å². The molecule has 0 saturated heterocycles. The van der Waals surface area contributed by atoms with Crippen molar-refractivity contribution in [2.24, 2.45) is 5.73 Å². The maximum atomic E-state index is 6.54. The summed E-state index contributed by atoms with van der Waals surface area (Å²) in [7, 11) is 4.98. The number of benzene rings is 1. The van der Waals surface area contributed by atoms with E-state index in [1.54, 1.807) is 21.3 Å². The third kappa shape index (κ3) is 2.55. The van der Waals surface area contributed by atoms with E-state index in [0.717, 1.165) is 35.5 Å². The fourth-order valence-corrected chi connectivity index (χ4v) is 2.97. The number of nitrogens with two attached hydrogens (primary N) is 1. The molecule has 0 amide bonds. The maximum absolute atomic E-state index is 6.54. The lowest BCUT2D eigenvalue weighted by Gasteiger charge is -2.28. The summed E-state index contributed by atoms with van der Waals surface area (Å²) < 4.78 is 16.3. The lowest BCUT2D eigenvalue weighted by molar-refractivity contribution is 0.180. The number of rotatable bonds is 5. The van der Waals surface area contributed by atoms with E-state index in [2.05, 4.69) is 6.07 Å². The molecule has 0 spiro atoms. The van der Waals surface area contributed by atoms with Crippen LogP contribution in [0.1, 0.15) is 36.8 Å². The Hall–Kier alpha value is -1.26. The van der Waals surface area contributed by atoms with E-state index in [0.29, 0.717) is 6.61 Å². The van der Waals surface area contributed by atoms with E-state index in [9.17, 15) is 0 Å². The molecule has 106 valence electrons. The molecule has 0 heterocycles. The van der Waals surface area contributed by atoms with Crippen LogP contribution >= 0.6 is 0 Å². The second-order valence-corrected chi connectivity index (χ2v) is 5.14. The minimum atomic E-state index is -0.287. The predicted molar refractivity (Wildman–Crippen MR) is 74.6 cm³/mol. The van der Waals surface area contributed by atoms with E-state index in [1.807, 2.05) is 6.07 Å². The van der Waals surface area contributed by atoms with Crippen LogP contribution in [0.5, 0.6) is 11.5 Å². The maximum Gasteiger partial charge on any atom is 0.166 e. The Morgan fingerprint density at radius 2 is 1.68 bits per heavy atom. The Morgan fingerprint density at radius 1 is 1.05 bits per heavy atom.